The maximum Gasteiger partial charge on any atom is 0.328 e. The Bertz CT molecular complexity index is 373. The molecule has 1 aliphatic heterocycles. The smallest absolute Gasteiger partial charge is 0.328 e. The number of carbonyl (C=O) groups is 3. The van der Waals surface area contributed by atoms with Crippen LogP contribution < -0.4 is 5.32 Å². The Hall–Kier alpha value is -2.08. The molecule has 1 unspecified atom stereocenters. The lowest BCUT2D eigenvalue weighted by molar-refractivity contribution is -0.152. The van der Waals surface area contributed by atoms with Crippen LogP contribution >= 0.6 is 0 Å². The highest BCUT2D eigenvalue weighted by molar-refractivity contribution is 6.20. The maximum atomic E-state index is 11.4. The van der Waals surface area contributed by atoms with E-state index in [0.717, 1.165) is 0 Å². The van der Waals surface area contributed by atoms with Crippen LogP contribution in [-0.2, 0) is 19.1 Å². The first-order valence-electron chi connectivity index (χ1n) is 4.14. The minimum Gasteiger partial charge on any atom is -0.465 e. The topological polar surface area (TPSA) is 121 Å². The average molecular weight is 212 g/mol. The molecule has 1 fully saturated rings. The third kappa shape index (κ3) is 1.75. The molecule has 0 saturated carbocycles. The zero-order valence-corrected chi connectivity index (χ0v) is 7.89. The summed E-state index contributed by atoms with van der Waals surface area (Å²) in [4.78, 5) is 36.0. The number of ether oxygens (including phenoxy) is 1. The molecular formula is C7H8N4O4. The Balaban J connectivity index is 3.09. The molecule has 8 nitrogen and oxygen atoms in total. The van der Waals surface area contributed by atoms with Gasteiger partial charge in [0.15, 0.2) is 0 Å². The third-order valence-corrected chi connectivity index (χ3v) is 1.87. The van der Waals surface area contributed by atoms with E-state index in [4.69, 9.17) is 5.53 Å². The highest BCUT2D eigenvalue weighted by Gasteiger charge is 2.54. The van der Waals surface area contributed by atoms with Crippen molar-refractivity contribution in [1.29, 1.82) is 0 Å². The zero-order chi connectivity index (χ0) is 11.5. The number of azide groups is 1. The Morgan fingerprint density at radius 1 is 1.73 bits per heavy atom. The van der Waals surface area contributed by atoms with E-state index in [-0.39, 0.29) is 6.61 Å². The highest BCUT2D eigenvalue weighted by Crippen LogP contribution is 2.24. The number of carbonyl (C=O) groups excluding carboxylic acids is 3. The fourth-order valence-corrected chi connectivity index (χ4v) is 1.20. The van der Waals surface area contributed by atoms with Gasteiger partial charge in [-0.3, -0.25) is 19.7 Å². The predicted octanol–water partition coefficient (Wildman–Crippen LogP) is -0.355. The average Bonchev–Trinajstić information content (AvgIpc) is 2.43. The molecule has 0 aromatic heterocycles. The van der Waals surface area contributed by atoms with Crippen LogP contribution in [0, 0.1) is 0 Å². The molecule has 1 N–H and O–H groups in total. The minimum absolute atomic E-state index is 0.0308. The van der Waals surface area contributed by atoms with Crippen molar-refractivity contribution in [2.75, 3.05) is 6.61 Å². The quantitative estimate of drug-likeness (QED) is 0.171. The molecule has 0 bridgehead atoms. The molecule has 1 aliphatic rings. The number of nitrogens with one attached hydrogen (secondary N) is 1. The number of nitrogens with zero attached hydrogens (tertiary/aromatic N) is 3. The van der Waals surface area contributed by atoms with E-state index >= 15 is 0 Å². The summed E-state index contributed by atoms with van der Waals surface area (Å²) in [6.45, 7) is 1.57. The normalized spacial score (nSPS) is 24.3. The summed E-state index contributed by atoms with van der Waals surface area (Å²) in [6.07, 6.45) is -0.505. The summed E-state index contributed by atoms with van der Waals surface area (Å²) < 4.78 is 4.58. The van der Waals surface area contributed by atoms with Crippen molar-refractivity contribution in [3.63, 3.8) is 0 Å². The Morgan fingerprint density at radius 2 is 2.40 bits per heavy atom. The highest BCUT2D eigenvalue weighted by atomic mass is 16.5. The monoisotopic (exact) mass is 212 g/mol. The molecular weight excluding hydrogens is 204 g/mol. The van der Waals surface area contributed by atoms with E-state index in [2.05, 4.69) is 14.8 Å². The standard InChI is InChI=1S/C7H8N4O4/c1-2-15-6(14)7(10-11-8)3-4(12)9-5(7)13/h2-3H2,1H3,(H,9,12,13). The van der Waals surface area contributed by atoms with Crippen molar-refractivity contribution >= 4 is 17.8 Å². The molecule has 2 amide bonds. The van der Waals surface area contributed by atoms with Crippen molar-refractivity contribution in [3.05, 3.63) is 10.4 Å². The number of imide groups is 1. The predicted molar refractivity (Wildman–Crippen MR) is 46.3 cm³/mol. The van der Waals surface area contributed by atoms with Crippen LogP contribution in [0.2, 0.25) is 0 Å². The van der Waals surface area contributed by atoms with E-state index in [9.17, 15) is 14.4 Å². The third-order valence-electron chi connectivity index (χ3n) is 1.87. The Kier molecular flexibility index (Phi) is 2.91. The van der Waals surface area contributed by atoms with Gasteiger partial charge in [-0.1, -0.05) is 5.11 Å². The SMILES string of the molecule is CCOC(=O)C1(N=[N+]=[N-])CC(=O)NC1=O. The van der Waals surface area contributed by atoms with Gasteiger partial charge in [-0.25, -0.2) is 0 Å². The van der Waals surface area contributed by atoms with Crippen LogP contribution in [0.3, 0.4) is 0 Å². The first-order valence-corrected chi connectivity index (χ1v) is 4.14. The first-order chi connectivity index (χ1) is 7.06. The van der Waals surface area contributed by atoms with Crippen LogP contribution in [0.5, 0.6) is 0 Å². The first kappa shape index (κ1) is 11.0. The summed E-state index contributed by atoms with van der Waals surface area (Å²) in [7, 11) is 0. The molecule has 8 heteroatoms. The molecule has 0 aromatic rings. The fourth-order valence-electron chi connectivity index (χ4n) is 1.20. The lowest BCUT2D eigenvalue weighted by atomic mass is 9.99. The number of amides is 2. The van der Waals surface area contributed by atoms with Crippen molar-refractivity contribution in [3.8, 4) is 0 Å². The number of rotatable bonds is 3. The molecule has 0 spiro atoms. The molecule has 1 saturated heterocycles. The van der Waals surface area contributed by atoms with Crippen LogP contribution in [0.1, 0.15) is 13.3 Å². The van der Waals surface area contributed by atoms with Gasteiger partial charge in [0.2, 0.25) is 11.4 Å². The van der Waals surface area contributed by atoms with Gasteiger partial charge < -0.3 is 4.74 Å². The van der Waals surface area contributed by atoms with Crippen molar-refractivity contribution in [2.24, 2.45) is 5.11 Å². The minimum atomic E-state index is -2.07. The van der Waals surface area contributed by atoms with Gasteiger partial charge in [0.1, 0.15) is 0 Å². The number of hydrogen-bond acceptors (Lipinski definition) is 5. The van der Waals surface area contributed by atoms with Gasteiger partial charge in [-0.2, -0.15) is 0 Å². The van der Waals surface area contributed by atoms with Crippen LogP contribution in [-0.4, -0.2) is 29.9 Å². The number of esters is 1. The molecule has 0 aliphatic carbocycles. The van der Waals surface area contributed by atoms with Crippen molar-refractivity contribution in [1.82, 2.24) is 5.32 Å². The van der Waals surface area contributed by atoms with Crippen LogP contribution in [0.25, 0.3) is 10.4 Å². The van der Waals surface area contributed by atoms with E-state index in [0.29, 0.717) is 0 Å². The van der Waals surface area contributed by atoms with Gasteiger partial charge in [0, 0.05) is 4.91 Å². The fraction of sp³-hybridized carbons (Fsp3) is 0.571. The second-order valence-corrected chi connectivity index (χ2v) is 2.82. The van der Waals surface area contributed by atoms with Crippen LogP contribution in [0.15, 0.2) is 5.11 Å². The summed E-state index contributed by atoms with van der Waals surface area (Å²) in [6, 6.07) is 0. The van der Waals surface area contributed by atoms with Gasteiger partial charge in [0.05, 0.1) is 13.0 Å². The van der Waals surface area contributed by atoms with Gasteiger partial charge in [-0.05, 0) is 12.5 Å². The largest absolute Gasteiger partial charge is 0.465 e. The molecule has 1 atom stereocenters. The number of hydrogen-bond donors (Lipinski definition) is 1. The molecule has 1 rings (SSSR count). The lowest BCUT2D eigenvalue weighted by Gasteiger charge is -2.15. The van der Waals surface area contributed by atoms with Gasteiger partial charge in [0.25, 0.3) is 5.91 Å². The van der Waals surface area contributed by atoms with E-state index in [1.165, 1.54) is 6.92 Å². The maximum absolute atomic E-state index is 11.4. The summed E-state index contributed by atoms with van der Waals surface area (Å²) in [5, 5.41) is 4.97. The van der Waals surface area contributed by atoms with E-state index in [1.807, 2.05) is 5.32 Å². The van der Waals surface area contributed by atoms with Gasteiger partial charge in [-0.15, -0.1) is 0 Å². The zero-order valence-electron chi connectivity index (χ0n) is 7.89. The second kappa shape index (κ2) is 3.97. The molecule has 80 valence electrons. The van der Waals surface area contributed by atoms with Crippen molar-refractivity contribution in [2.45, 2.75) is 18.9 Å². The Morgan fingerprint density at radius 3 is 2.80 bits per heavy atom. The molecule has 0 radical (unpaired) electrons. The lowest BCUT2D eigenvalue weighted by Crippen LogP contribution is -2.44. The summed E-state index contributed by atoms with van der Waals surface area (Å²) >= 11 is 0. The van der Waals surface area contributed by atoms with Crippen molar-refractivity contribution < 1.29 is 19.1 Å². The van der Waals surface area contributed by atoms with Gasteiger partial charge >= 0.3 is 5.97 Å². The molecule has 15 heavy (non-hydrogen) atoms. The van der Waals surface area contributed by atoms with E-state index < -0.39 is 29.7 Å². The molecule has 1 heterocycles. The van der Waals surface area contributed by atoms with Crippen LogP contribution in [0.4, 0.5) is 0 Å². The molecule has 0 aromatic carbocycles. The summed E-state index contributed by atoms with van der Waals surface area (Å²) in [5.41, 5.74) is 6.20. The van der Waals surface area contributed by atoms with E-state index in [1.54, 1.807) is 0 Å². The summed E-state index contributed by atoms with van der Waals surface area (Å²) in [5.74, 6) is -2.62. The Labute approximate surface area is 84.2 Å². The second-order valence-electron chi connectivity index (χ2n) is 2.82.